The molecule has 0 aliphatic heterocycles. The molecule has 0 aromatic rings. The van der Waals surface area contributed by atoms with Crippen molar-refractivity contribution in [2.24, 2.45) is 0 Å². The Bertz CT molecular complexity index is 1170. The van der Waals surface area contributed by atoms with Crippen LogP contribution in [0.25, 0.3) is 0 Å². The third kappa shape index (κ3) is 50.6. The fourth-order valence-electron chi connectivity index (χ4n) is 8.34. The molecule has 1 amide bonds. The van der Waals surface area contributed by atoms with Crippen LogP contribution < -0.4 is 10.2 Å². The number of likely N-dealkylation sites (N-methyl/N-ethyl adjacent to an activating group) is 1. The molecule has 0 bridgehead atoms. The zero-order valence-electron chi connectivity index (χ0n) is 44.4. The zero-order chi connectivity index (χ0) is 48.5. The van der Waals surface area contributed by atoms with E-state index >= 15 is 0 Å². The Labute approximate surface area is 410 Å². The molecule has 0 saturated heterocycles. The first-order chi connectivity index (χ1) is 32.0. The van der Waals surface area contributed by atoms with Gasteiger partial charge in [-0.3, -0.25) is 9.36 Å². The first-order valence-corrected chi connectivity index (χ1v) is 29.8. The van der Waals surface area contributed by atoms with E-state index in [0.29, 0.717) is 17.4 Å². The van der Waals surface area contributed by atoms with Gasteiger partial charge in [-0.05, 0) is 57.8 Å². The summed E-state index contributed by atoms with van der Waals surface area (Å²) in [5.74, 6) is -0.206. The second kappa shape index (κ2) is 48.7. The minimum atomic E-state index is -4.60. The monoisotopic (exact) mass is 951 g/mol. The normalized spacial score (nSPS) is 14.2. The maximum atomic E-state index is 12.9. The average molecular weight is 951 g/mol. The first-order valence-electron chi connectivity index (χ1n) is 28.4. The van der Waals surface area contributed by atoms with Crippen molar-refractivity contribution in [2.45, 2.75) is 283 Å². The van der Waals surface area contributed by atoms with E-state index in [4.69, 9.17) is 9.05 Å². The predicted molar refractivity (Wildman–Crippen MR) is 284 cm³/mol. The van der Waals surface area contributed by atoms with Crippen LogP contribution in [-0.2, 0) is 18.4 Å². The largest absolute Gasteiger partial charge is 0.756 e. The number of hydrogen-bond donors (Lipinski definition) is 2. The molecule has 0 fully saturated rings. The highest BCUT2D eigenvalue weighted by Crippen LogP contribution is 2.38. The SMILES string of the molecule is CCCCCCCCCCCCCC/C=C\CCCCCCCCCCCCC(=O)NC(COP(=O)([O-])OCC[N+](C)(C)C)C(O)/C=C/CC/C=C/CCCCCCCCCCCCCC. The highest BCUT2D eigenvalue weighted by molar-refractivity contribution is 7.45. The van der Waals surface area contributed by atoms with Crippen LogP contribution in [0.2, 0.25) is 0 Å². The number of rotatable bonds is 52. The molecule has 3 atom stereocenters. The molecule has 0 aromatic heterocycles. The lowest BCUT2D eigenvalue weighted by Gasteiger charge is -2.29. The molecule has 66 heavy (non-hydrogen) atoms. The fraction of sp³-hybridized carbons (Fsp3) is 0.877. The van der Waals surface area contributed by atoms with Crippen LogP contribution in [0.15, 0.2) is 36.5 Å². The van der Waals surface area contributed by atoms with Gasteiger partial charge in [0, 0.05) is 6.42 Å². The molecule has 0 aliphatic rings. The smallest absolute Gasteiger partial charge is 0.268 e. The Balaban J connectivity index is 4.22. The summed E-state index contributed by atoms with van der Waals surface area (Å²) in [5.41, 5.74) is 0. The Morgan fingerprint density at radius 3 is 1.23 bits per heavy atom. The van der Waals surface area contributed by atoms with Crippen LogP contribution in [0.3, 0.4) is 0 Å². The zero-order valence-corrected chi connectivity index (χ0v) is 45.3. The van der Waals surface area contributed by atoms with E-state index in [1.54, 1.807) is 6.08 Å². The molecule has 3 unspecified atom stereocenters. The van der Waals surface area contributed by atoms with Crippen LogP contribution in [0.1, 0.15) is 271 Å². The number of phosphoric ester groups is 1. The van der Waals surface area contributed by atoms with Gasteiger partial charge in [0.2, 0.25) is 5.91 Å². The number of carbonyl (C=O) groups excluding carboxylic acids is 1. The molecule has 0 saturated carbocycles. The maximum Gasteiger partial charge on any atom is 0.268 e. The van der Waals surface area contributed by atoms with Gasteiger partial charge in [-0.25, -0.2) is 0 Å². The molecule has 0 heterocycles. The maximum absolute atomic E-state index is 12.9. The summed E-state index contributed by atoms with van der Waals surface area (Å²) in [6.45, 7) is 4.66. The van der Waals surface area contributed by atoms with Crippen LogP contribution in [0.5, 0.6) is 0 Å². The Kier molecular flexibility index (Phi) is 47.8. The van der Waals surface area contributed by atoms with E-state index in [9.17, 15) is 19.4 Å². The highest BCUT2D eigenvalue weighted by Gasteiger charge is 2.23. The number of hydrogen-bond acceptors (Lipinski definition) is 6. The van der Waals surface area contributed by atoms with E-state index < -0.39 is 26.6 Å². The highest BCUT2D eigenvalue weighted by atomic mass is 31.2. The number of unbranched alkanes of at least 4 members (excludes halogenated alkanes) is 35. The molecule has 9 heteroatoms. The molecule has 0 aliphatic carbocycles. The van der Waals surface area contributed by atoms with Crippen molar-refractivity contribution in [3.8, 4) is 0 Å². The third-order valence-electron chi connectivity index (χ3n) is 12.8. The molecule has 390 valence electrons. The van der Waals surface area contributed by atoms with Crippen molar-refractivity contribution in [3.63, 3.8) is 0 Å². The van der Waals surface area contributed by atoms with Gasteiger partial charge in [-0.1, -0.05) is 243 Å². The quantitative estimate of drug-likeness (QED) is 0.0272. The average Bonchev–Trinajstić information content (AvgIpc) is 3.28. The van der Waals surface area contributed by atoms with E-state index in [1.165, 1.54) is 212 Å². The van der Waals surface area contributed by atoms with Crippen molar-refractivity contribution >= 4 is 13.7 Å². The lowest BCUT2D eigenvalue weighted by atomic mass is 10.0. The molecule has 0 rings (SSSR count). The second-order valence-corrected chi connectivity index (χ2v) is 22.0. The van der Waals surface area contributed by atoms with E-state index in [-0.39, 0.29) is 12.5 Å². The number of nitrogens with zero attached hydrogens (tertiary/aromatic N) is 1. The van der Waals surface area contributed by atoms with Gasteiger partial charge in [0.05, 0.1) is 39.9 Å². The molecular formula is C57H111N2O6P. The van der Waals surface area contributed by atoms with Crippen molar-refractivity contribution in [2.75, 3.05) is 40.9 Å². The Morgan fingerprint density at radius 2 is 0.848 bits per heavy atom. The summed E-state index contributed by atoms with van der Waals surface area (Å²) < 4.78 is 23.3. The number of carbonyl (C=O) groups is 1. The summed E-state index contributed by atoms with van der Waals surface area (Å²) in [6, 6.07) is -0.903. The summed E-state index contributed by atoms with van der Waals surface area (Å²) in [6.07, 6.45) is 62.2. The molecule has 0 radical (unpaired) electrons. The van der Waals surface area contributed by atoms with Gasteiger partial charge in [-0.2, -0.15) is 0 Å². The number of nitrogens with one attached hydrogen (secondary N) is 1. The number of amides is 1. The Morgan fingerprint density at radius 1 is 0.515 bits per heavy atom. The minimum Gasteiger partial charge on any atom is -0.756 e. The number of quaternary nitrogens is 1. The summed E-state index contributed by atoms with van der Waals surface area (Å²) >= 11 is 0. The number of phosphoric acid groups is 1. The number of aliphatic hydroxyl groups excluding tert-OH is 1. The predicted octanol–water partition coefficient (Wildman–Crippen LogP) is 16.4. The lowest BCUT2D eigenvalue weighted by Crippen LogP contribution is -2.45. The van der Waals surface area contributed by atoms with E-state index in [1.807, 2.05) is 27.2 Å². The number of allylic oxidation sites excluding steroid dienone is 5. The fourth-order valence-corrected chi connectivity index (χ4v) is 9.06. The van der Waals surface area contributed by atoms with Crippen LogP contribution >= 0.6 is 7.82 Å². The van der Waals surface area contributed by atoms with Gasteiger partial charge in [0.25, 0.3) is 7.82 Å². The van der Waals surface area contributed by atoms with Crippen LogP contribution in [0, 0.1) is 0 Å². The van der Waals surface area contributed by atoms with Gasteiger partial charge >= 0.3 is 0 Å². The van der Waals surface area contributed by atoms with Gasteiger partial charge < -0.3 is 28.8 Å². The van der Waals surface area contributed by atoms with Crippen LogP contribution in [-0.4, -0.2) is 68.5 Å². The topological polar surface area (TPSA) is 108 Å². The van der Waals surface area contributed by atoms with Crippen molar-refractivity contribution in [3.05, 3.63) is 36.5 Å². The third-order valence-corrected chi connectivity index (χ3v) is 13.8. The molecule has 0 aromatic carbocycles. The van der Waals surface area contributed by atoms with Crippen molar-refractivity contribution in [1.82, 2.24) is 5.32 Å². The van der Waals surface area contributed by atoms with E-state index in [0.717, 1.165) is 38.5 Å². The van der Waals surface area contributed by atoms with Gasteiger partial charge in [0.1, 0.15) is 13.2 Å². The van der Waals surface area contributed by atoms with Gasteiger partial charge in [0.15, 0.2) is 0 Å². The summed E-state index contributed by atoms with van der Waals surface area (Å²) in [4.78, 5) is 25.5. The number of aliphatic hydroxyl groups is 1. The molecule has 8 nitrogen and oxygen atoms in total. The Hall–Kier alpha value is -1.28. The van der Waals surface area contributed by atoms with E-state index in [2.05, 4.69) is 43.5 Å². The standard InChI is InChI=1S/C57H111N2O6P/c1-6-8-10-12-14-16-18-20-22-24-26-27-28-29-30-31-32-33-35-37-39-41-43-45-47-49-51-57(61)58-55(54-65-66(62,63)64-53-52-59(3,4)5)56(60)50-48-46-44-42-40-38-36-34-25-23-21-19-17-15-13-11-9-7-2/h29-30,40,42,48,50,55-56,60H,6-28,31-39,41,43-47,49,51-54H2,1-5H3,(H-,58,61,62,63)/b30-29-,42-40+,50-48+. The summed E-state index contributed by atoms with van der Waals surface area (Å²) in [7, 11) is 1.25. The molecule has 2 N–H and O–H groups in total. The lowest BCUT2D eigenvalue weighted by molar-refractivity contribution is -0.870. The minimum absolute atomic E-state index is 0.00594. The molecule has 0 spiro atoms. The van der Waals surface area contributed by atoms with Crippen molar-refractivity contribution < 1.29 is 32.9 Å². The van der Waals surface area contributed by atoms with Gasteiger partial charge in [-0.15, -0.1) is 0 Å². The first kappa shape index (κ1) is 64.7. The van der Waals surface area contributed by atoms with Crippen LogP contribution in [0.4, 0.5) is 0 Å². The summed E-state index contributed by atoms with van der Waals surface area (Å²) in [5, 5.41) is 13.9. The second-order valence-electron chi connectivity index (χ2n) is 20.6. The molecular weight excluding hydrogens is 840 g/mol. The van der Waals surface area contributed by atoms with Crippen molar-refractivity contribution in [1.29, 1.82) is 0 Å².